The molecular weight excluding hydrogens is 282 g/mol. The summed E-state index contributed by atoms with van der Waals surface area (Å²) in [4.78, 5) is 12.0. The van der Waals surface area contributed by atoms with Gasteiger partial charge in [-0.15, -0.1) is 0 Å². The van der Waals surface area contributed by atoms with Gasteiger partial charge in [-0.1, -0.05) is 18.2 Å². The fraction of sp³-hybridized carbons (Fsp3) is 0.353. The van der Waals surface area contributed by atoms with E-state index in [4.69, 9.17) is 13.9 Å². The van der Waals surface area contributed by atoms with Crippen molar-refractivity contribution in [1.29, 1.82) is 0 Å². The van der Waals surface area contributed by atoms with E-state index in [1.54, 1.807) is 6.26 Å². The molecule has 5 heteroatoms. The molecule has 22 heavy (non-hydrogen) atoms. The molecule has 1 aliphatic heterocycles. The lowest BCUT2D eigenvalue weighted by molar-refractivity contribution is -0.127. The molecule has 3 rings (SSSR count). The van der Waals surface area contributed by atoms with Crippen LogP contribution in [0.3, 0.4) is 0 Å². The van der Waals surface area contributed by atoms with Gasteiger partial charge in [0.1, 0.15) is 18.1 Å². The van der Waals surface area contributed by atoms with Crippen LogP contribution in [0.1, 0.15) is 17.7 Å². The largest absolute Gasteiger partial charge is 0.480 e. The Bertz CT molecular complexity index is 584. The van der Waals surface area contributed by atoms with Crippen molar-refractivity contribution < 1.29 is 18.7 Å². The molecule has 0 spiro atoms. The van der Waals surface area contributed by atoms with E-state index in [9.17, 15) is 4.79 Å². The average molecular weight is 301 g/mol. The van der Waals surface area contributed by atoms with Crippen molar-refractivity contribution in [1.82, 2.24) is 5.32 Å². The molecule has 1 amide bonds. The van der Waals surface area contributed by atoms with Crippen LogP contribution in [-0.2, 0) is 22.6 Å². The zero-order chi connectivity index (χ0) is 15.2. The standard InChI is InChI=1S/C17H19NO4/c19-17(16-11-13-5-1-2-7-15(13)22-16)18-8-4-9-20-12-14-6-3-10-21-14/h1-3,5-7,10,16H,4,8-9,11-12H2,(H,18,19)/t16-/m1/s1. The molecule has 0 saturated heterocycles. The van der Waals surface area contributed by atoms with Gasteiger partial charge in [0.25, 0.3) is 5.91 Å². The fourth-order valence-corrected chi connectivity index (χ4v) is 2.40. The Morgan fingerprint density at radius 2 is 2.18 bits per heavy atom. The highest BCUT2D eigenvalue weighted by Gasteiger charge is 2.28. The summed E-state index contributed by atoms with van der Waals surface area (Å²) < 4.78 is 16.3. The molecule has 1 aromatic carbocycles. The molecule has 116 valence electrons. The van der Waals surface area contributed by atoms with Crippen molar-refractivity contribution in [2.75, 3.05) is 13.2 Å². The molecule has 1 N–H and O–H groups in total. The van der Waals surface area contributed by atoms with E-state index in [0.29, 0.717) is 26.2 Å². The normalized spacial score (nSPS) is 16.1. The summed E-state index contributed by atoms with van der Waals surface area (Å²) in [5.41, 5.74) is 1.09. The summed E-state index contributed by atoms with van der Waals surface area (Å²) in [6.45, 7) is 1.61. The van der Waals surface area contributed by atoms with Gasteiger partial charge in [-0.3, -0.25) is 4.79 Å². The SMILES string of the molecule is O=C(NCCCOCc1ccco1)[C@H]1Cc2ccccc2O1. The smallest absolute Gasteiger partial charge is 0.261 e. The lowest BCUT2D eigenvalue weighted by Crippen LogP contribution is -2.38. The number of amides is 1. The summed E-state index contributed by atoms with van der Waals surface area (Å²) in [6, 6.07) is 11.5. The Kier molecular flexibility index (Phi) is 4.75. The highest BCUT2D eigenvalue weighted by molar-refractivity contribution is 5.82. The molecule has 0 bridgehead atoms. The monoisotopic (exact) mass is 301 g/mol. The van der Waals surface area contributed by atoms with E-state index in [1.165, 1.54) is 0 Å². The molecule has 5 nitrogen and oxygen atoms in total. The minimum absolute atomic E-state index is 0.0674. The third kappa shape index (κ3) is 3.68. The summed E-state index contributed by atoms with van der Waals surface area (Å²) in [5.74, 6) is 1.55. The first-order valence-electron chi connectivity index (χ1n) is 7.45. The van der Waals surface area contributed by atoms with Crippen LogP contribution >= 0.6 is 0 Å². The van der Waals surface area contributed by atoms with E-state index < -0.39 is 6.10 Å². The number of fused-ring (bicyclic) bond motifs is 1. The van der Waals surface area contributed by atoms with Gasteiger partial charge < -0.3 is 19.2 Å². The van der Waals surface area contributed by atoms with Crippen LogP contribution in [0.15, 0.2) is 47.1 Å². The predicted octanol–water partition coefficient (Wildman–Crippen LogP) is 2.31. The maximum absolute atomic E-state index is 12.0. The molecule has 0 fully saturated rings. The molecule has 0 aliphatic carbocycles. The van der Waals surface area contributed by atoms with Crippen molar-refractivity contribution in [3.05, 3.63) is 54.0 Å². The molecule has 1 aromatic heterocycles. The van der Waals surface area contributed by atoms with Crippen LogP contribution in [0.4, 0.5) is 0 Å². The van der Waals surface area contributed by atoms with E-state index in [2.05, 4.69) is 5.32 Å². The van der Waals surface area contributed by atoms with Crippen molar-refractivity contribution in [3.63, 3.8) is 0 Å². The number of furan rings is 1. The van der Waals surface area contributed by atoms with E-state index >= 15 is 0 Å². The second-order valence-electron chi connectivity index (χ2n) is 5.19. The van der Waals surface area contributed by atoms with Crippen LogP contribution in [0, 0.1) is 0 Å². The highest BCUT2D eigenvalue weighted by Crippen LogP contribution is 2.27. The highest BCUT2D eigenvalue weighted by atomic mass is 16.5. The molecule has 1 atom stereocenters. The van der Waals surface area contributed by atoms with Crippen LogP contribution in [-0.4, -0.2) is 25.2 Å². The Hall–Kier alpha value is -2.27. The fourth-order valence-electron chi connectivity index (χ4n) is 2.40. The molecule has 0 saturated carbocycles. The number of para-hydroxylation sites is 1. The average Bonchev–Trinajstić information content (AvgIpc) is 3.19. The number of ether oxygens (including phenoxy) is 2. The van der Waals surface area contributed by atoms with Crippen molar-refractivity contribution in [3.8, 4) is 5.75 Å². The number of hydrogen-bond acceptors (Lipinski definition) is 4. The summed E-state index contributed by atoms with van der Waals surface area (Å²) in [6.07, 6.45) is 2.60. The number of benzene rings is 1. The van der Waals surface area contributed by atoms with Gasteiger partial charge in [0.15, 0.2) is 6.10 Å². The number of carbonyl (C=O) groups is 1. The Balaban J connectivity index is 1.30. The molecule has 0 radical (unpaired) electrons. The number of rotatable bonds is 7. The van der Waals surface area contributed by atoms with Gasteiger partial charge in [-0.25, -0.2) is 0 Å². The van der Waals surface area contributed by atoms with E-state index in [1.807, 2.05) is 36.4 Å². The third-order valence-electron chi connectivity index (χ3n) is 3.53. The first-order valence-corrected chi connectivity index (χ1v) is 7.45. The predicted molar refractivity (Wildman–Crippen MR) is 80.6 cm³/mol. The zero-order valence-electron chi connectivity index (χ0n) is 12.3. The summed E-state index contributed by atoms with van der Waals surface area (Å²) in [7, 11) is 0. The number of carbonyl (C=O) groups excluding carboxylic acids is 1. The number of hydrogen-bond donors (Lipinski definition) is 1. The van der Waals surface area contributed by atoms with Gasteiger partial charge in [0.2, 0.25) is 0 Å². The topological polar surface area (TPSA) is 60.7 Å². The Morgan fingerprint density at radius 3 is 3.00 bits per heavy atom. The molecular formula is C17H19NO4. The van der Waals surface area contributed by atoms with E-state index in [-0.39, 0.29) is 5.91 Å². The maximum Gasteiger partial charge on any atom is 0.261 e. The quantitative estimate of drug-likeness (QED) is 0.797. The van der Waals surface area contributed by atoms with Crippen molar-refractivity contribution >= 4 is 5.91 Å². The minimum Gasteiger partial charge on any atom is -0.480 e. The van der Waals surface area contributed by atoms with Crippen LogP contribution < -0.4 is 10.1 Å². The first kappa shape index (κ1) is 14.7. The van der Waals surface area contributed by atoms with Crippen LogP contribution in [0.5, 0.6) is 5.75 Å². The second kappa shape index (κ2) is 7.13. The molecule has 2 aromatic rings. The van der Waals surface area contributed by atoms with Crippen LogP contribution in [0.25, 0.3) is 0 Å². The Labute approximate surface area is 129 Å². The van der Waals surface area contributed by atoms with Gasteiger partial charge in [-0.2, -0.15) is 0 Å². The summed E-state index contributed by atoms with van der Waals surface area (Å²) in [5, 5.41) is 2.89. The van der Waals surface area contributed by atoms with Gasteiger partial charge in [0, 0.05) is 19.6 Å². The van der Waals surface area contributed by atoms with Gasteiger partial charge in [0.05, 0.1) is 6.26 Å². The second-order valence-corrected chi connectivity index (χ2v) is 5.19. The lowest BCUT2D eigenvalue weighted by Gasteiger charge is -2.11. The van der Waals surface area contributed by atoms with E-state index in [0.717, 1.165) is 23.5 Å². The Morgan fingerprint density at radius 1 is 1.27 bits per heavy atom. The minimum atomic E-state index is -0.415. The molecule has 2 heterocycles. The van der Waals surface area contributed by atoms with Crippen molar-refractivity contribution in [2.45, 2.75) is 25.6 Å². The third-order valence-corrected chi connectivity index (χ3v) is 3.53. The lowest BCUT2D eigenvalue weighted by atomic mass is 10.1. The van der Waals surface area contributed by atoms with Gasteiger partial charge in [-0.05, 0) is 30.2 Å². The molecule has 0 unspecified atom stereocenters. The summed E-state index contributed by atoms with van der Waals surface area (Å²) >= 11 is 0. The maximum atomic E-state index is 12.0. The van der Waals surface area contributed by atoms with Gasteiger partial charge >= 0.3 is 0 Å². The van der Waals surface area contributed by atoms with Crippen molar-refractivity contribution in [2.24, 2.45) is 0 Å². The number of nitrogens with one attached hydrogen (secondary N) is 1. The zero-order valence-corrected chi connectivity index (χ0v) is 12.3. The molecule has 1 aliphatic rings. The van der Waals surface area contributed by atoms with Crippen LogP contribution in [0.2, 0.25) is 0 Å². The first-order chi connectivity index (χ1) is 10.8.